The van der Waals surface area contributed by atoms with Crippen molar-refractivity contribution in [2.75, 3.05) is 13.1 Å². The van der Waals surface area contributed by atoms with Crippen LogP contribution in [0.25, 0.3) is 0 Å². The molecule has 1 aromatic heterocycles. The number of fused-ring (bicyclic) bond motifs is 5. The first-order chi connectivity index (χ1) is 15.8. The van der Waals surface area contributed by atoms with E-state index in [1.807, 2.05) is 36.9 Å². The van der Waals surface area contributed by atoms with Crippen LogP contribution < -0.4 is 5.56 Å². The number of carbonyl (C=O) groups excluding carboxylic acids is 2. The van der Waals surface area contributed by atoms with Crippen LogP contribution in [0, 0.1) is 22.0 Å². The van der Waals surface area contributed by atoms with Crippen LogP contribution in [0.4, 0.5) is 5.69 Å². The van der Waals surface area contributed by atoms with Crippen molar-refractivity contribution in [3.8, 4) is 0 Å². The Balaban J connectivity index is 1.41. The molecule has 2 aromatic rings. The molecule has 3 aliphatic heterocycles. The highest BCUT2D eigenvalue weighted by molar-refractivity contribution is 6.01. The topological polar surface area (TPSA) is 106 Å². The fourth-order valence-electron chi connectivity index (χ4n) is 5.72. The number of likely N-dealkylation sites (tertiary alicyclic amines) is 1. The second-order valence-electron chi connectivity index (χ2n) is 9.64. The standard InChI is InChI=1S/C24H26N4O5/c1-14(2)21(27-13-16-5-3-4-6-18(16)22(27)29)24(31)25-10-15-9-17(12-25)19-7-8-20(28(32)33)23(30)26(19)11-15/h3-8,14-15,17,21H,9-13H2,1-2H3/t15-,17+,21+/m1/s1. The third-order valence-corrected chi connectivity index (χ3v) is 7.16. The summed E-state index contributed by atoms with van der Waals surface area (Å²) in [5.41, 5.74) is 1.34. The highest BCUT2D eigenvalue weighted by Crippen LogP contribution is 2.37. The Labute approximate surface area is 190 Å². The fourth-order valence-corrected chi connectivity index (χ4v) is 5.72. The SMILES string of the molecule is CC(C)[C@@H](C(=O)N1C[C@H]2C[C@@H](C1)c1ccc([N+](=O)[O-])c(=O)n1C2)N1Cc2ccccc2C1=O. The number of carbonyl (C=O) groups is 2. The van der Waals surface area contributed by atoms with Crippen LogP contribution in [0.5, 0.6) is 0 Å². The number of piperidine rings is 1. The molecule has 9 nitrogen and oxygen atoms in total. The van der Waals surface area contributed by atoms with Crippen molar-refractivity contribution in [1.82, 2.24) is 14.4 Å². The van der Waals surface area contributed by atoms with Gasteiger partial charge in [-0.2, -0.15) is 0 Å². The van der Waals surface area contributed by atoms with E-state index in [9.17, 15) is 24.5 Å². The first-order valence-corrected chi connectivity index (χ1v) is 11.3. The Kier molecular flexibility index (Phi) is 5.07. The number of hydrogen-bond acceptors (Lipinski definition) is 5. The Bertz CT molecular complexity index is 1220. The molecule has 0 spiro atoms. The summed E-state index contributed by atoms with van der Waals surface area (Å²) < 4.78 is 1.51. The Morgan fingerprint density at radius 1 is 1.09 bits per heavy atom. The normalized spacial score (nSPS) is 22.2. The lowest BCUT2D eigenvalue weighted by Crippen LogP contribution is -2.56. The van der Waals surface area contributed by atoms with E-state index >= 15 is 0 Å². The average molecular weight is 450 g/mol. The molecule has 0 aliphatic carbocycles. The van der Waals surface area contributed by atoms with Gasteiger partial charge in [-0.15, -0.1) is 0 Å². The van der Waals surface area contributed by atoms with Gasteiger partial charge in [0.25, 0.3) is 5.91 Å². The molecule has 2 amide bonds. The molecule has 1 fully saturated rings. The van der Waals surface area contributed by atoms with Crippen LogP contribution in [0.3, 0.4) is 0 Å². The second-order valence-corrected chi connectivity index (χ2v) is 9.64. The molecule has 0 unspecified atom stereocenters. The van der Waals surface area contributed by atoms with Gasteiger partial charge in [-0.05, 0) is 36.0 Å². The third kappa shape index (κ3) is 3.42. The zero-order valence-corrected chi connectivity index (χ0v) is 18.6. The van der Waals surface area contributed by atoms with Crippen LogP contribution in [-0.2, 0) is 17.9 Å². The molecule has 4 heterocycles. The summed E-state index contributed by atoms with van der Waals surface area (Å²) >= 11 is 0. The summed E-state index contributed by atoms with van der Waals surface area (Å²) in [4.78, 5) is 53.5. The van der Waals surface area contributed by atoms with Crippen LogP contribution in [0.2, 0.25) is 0 Å². The predicted molar refractivity (Wildman–Crippen MR) is 120 cm³/mol. The zero-order chi connectivity index (χ0) is 23.4. The second kappa shape index (κ2) is 7.83. The Morgan fingerprint density at radius 2 is 1.85 bits per heavy atom. The van der Waals surface area contributed by atoms with Gasteiger partial charge in [0, 0.05) is 49.4 Å². The van der Waals surface area contributed by atoms with E-state index in [4.69, 9.17) is 0 Å². The van der Waals surface area contributed by atoms with Gasteiger partial charge >= 0.3 is 11.2 Å². The third-order valence-electron chi connectivity index (χ3n) is 7.16. The quantitative estimate of drug-likeness (QED) is 0.525. The minimum absolute atomic E-state index is 0.0409. The smallest absolute Gasteiger partial charge is 0.334 e. The minimum Gasteiger partial charge on any atom is -0.340 e. The van der Waals surface area contributed by atoms with E-state index in [1.54, 1.807) is 17.0 Å². The number of nitro groups is 1. The van der Waals surface area contributed by atoms with Gasteiger partial charge in [-0.1, -0.05) is 32.0 Å². The van der Waals surface area contributed by atoms with Crippen molar-refractivity contribution in [1.29, 1.82) is 0 Å². The number of hydrogen-bond donors (Lipinski definition) is 0. The molecule has 5 rings (SSSR count). The maximum absolute atomic E-state index is 13.8. The zero-order valence-electron chi connectivity index (χ0n) is 18.6. The van der Waals surface area contributed by atoms with E-state index < -0.39 is 22.2 Å². The van der Waals surface area contributed by atoms with Crippen molar-refractivity contribution in [2.45, 2.75) is 45.3 Å². The number of pyridine rings is 1. The summed E-state index contributed by atoms with van der Waals surface area (Å²) in [5.74, 6) is -0.263. The van der Waals surface area contributed by atoms with Crippen molar-refractivity contribution in [3.05, 3.63) is 73.7 Å². The van der Waals surface area contributed by atoms with Gasteiger partial charge in [0.1, 0.15) is 6.04 Å². The van der Waals surface area contributed by atoms with Gasteiger partial charge in [-0.3, -0.25) is 24.5 Å². The summed E-state index contributed by atoms with van der Waals surface area (Å²) in [6, 6.07) is 9.82. The minimum atomic E-state index is -0.645. The molecule has 33 heavy (non-hydrogen) atoms. The summed E-state index contributed by atoms with van der Waals surface area (Å²) in [6.45, 7) is 5.60. The molecule has 1 saturated heterocycles. The predicted octanol–water partition coefficient (Wildman–Crippen LogP) is 2.38. The van der Waals surface area contributed by atoms with E-state index in [0.29, 0.717) is 31.7 Å². The first kappa shape index (κ1) is 21.4. The van der Waals surface area contributed by atoms with Gasteiger partial charge < -0.3 is 14.4 Å². The Morgan fingerprint density at radius 3 is 2.55 bits per heavy atom. The first-order valence-electron chi connectivity index (χ1n) is 11.3. The lowest BCUT2D eigenvalue weighted by atomic mass is 9.82. The number of aromatic nitrogens is 1. The van der Waals surface area contributed by atoms with Crippen molar-refractivity contribution in [2.24, 2.45) is 11.8 Å². The van der Waals surface area contributed by atoms with E-state index in [0.717, 1.165) is 17.7 Å². The largest absolute Gasteiger partial charge is 0.340 e. The molecule has 0 saturated carbocycles. The molecule has 3 aliphatic rings. The number of benzene rings is 1. The van der Waals surface area contributed by atoms with Crippen LogP contribution >= 0.6 is 0 Å². The average Bonchev–Trinajstić information content (AvgIpc) is 3.10. The fraction of sp³-hybridized carbons (Fsp3) is 0.458. The summed E-state index contributed by atoms with van der Waals surface area (Å²) in [7, 11) is 0. The summed E-state index contributed by atoms with van der Waals surface area (Å²) in [6.07, 6.45) is 0.835. The summed E-state index contributed by atoms with van der Waals surface area (Å²) in [5, 5.41) is 11.2. The number of nitrogens with zero attached hydrogens (tertiary/aromatic N) is 4. The number of rotatable bonds is 4. The van der Waals surface area contributed by atoms with E-state index in [1.165, 1.54) is 10.6 Å². The molecule has 3 atom stereocenters. The highest BCUT2D eigenvalue weighted by atomic mass is 16.6. The van der Waals surface area contributed by atoms with Crippen LogP contribution in [-0.4, -0.2) is 50.2 Å². The molecule has 0 radical (unpaired) electrons. The van der Waals surface area contributed by atoms with Gasteiger partial charge in [0.2, 0.25) is 5.91 Å². The highest BCUT2D eigenvalue weighted by Gasteiger charge is 2.43. The molecule has 2 bridgehead atoms. The van der Waals surface area contributed by atoms with Crippen molar-refractivity contribution in [3.63, 3.8) is 0 Å². The number of amides is 2. The van der Waals surface area contributed by atoms with Crippen LogP contribution in [0.15, 0.2) is 41.2 Å². The lowest BCUT2D eigenvalue weighted by Gasteiger charge is -2.44. The van der Waals surface area contributed by atoms with Gasteiger partial charge in [-0.25, -0.2) is 0 Å². The van der Waals surface area contributed by atoms with Crippen LogP contribution in [0.1, 0.15) is 47.8 Å². The van der Waals surface area contributed by atoms with E-state index in [2.05, 4.69) is 0 Å². The maximum atomic E-state index is 13.8. The Hall–Kier alpha value is -3.49. The van der Waals surface area contributed by atoms with Crippen molar-refractivity contribution < 1.29 is 14.5 Å². The molecular weight excluding hydrogens is 424 g/mol. The maximum Gasteiger partial charge on any atom is 0.334 e. The molecule has 0 N–H and O–H groups in total. The monoisotopic (exact) mass is 450 g/mol. The van der Waals surface area contributed by atoms with Gasteiger partial charge in [0.05, 0.1) is 4.92 Å². The molecule has 172 valence electrons. The van der Waals surface area contributed by atoms with Gasteiger partial charge in [0.15, 0.2) is 0 Å². The molecule has 1 aromatic carbocycles. The lowest BCUT2D eigenvalue weighted by molar-refractivity contribution is -0.386. The molecule has 9 heteroatoms. The molecular formula is C24H26N4O5. The van der Waals surface area contributed by atoms with E-state index in [-0.39, 0.29) is 29.6 Å². The van der Waals surface area contributed by atoms with Crippen molar-refractivity contribution >= 4 is 17.5 Å².